The maximum absolute atomic E-state index is 12.2. The SMILES string of the molecule is C=CN1C[C@H](NCc2ccc(OC(F)(F)F)cc2)C(CCC)OC1=NCN. The fourth-order valence-electron chi connectivity index (χ4n) is 2.85. The number of nitrogens with one attached hydrogen (secondary N) is 1. The average molecular weight is 386 g/mol. The fourth-order valence-corrected chi connectivity index (χ4v) is 2.85. The summed E-state index contributed by atoms with van der Waals surface area (Å²) in [6.07, 6.45) is -1.36. The first kappa shape index (κ1) is 21.0. The highest BCUT2D eigenvalue weighted by molar-refractivity contribution is 5.76. The van der Waals surface area contributed by atoms with Crippen LogP contribution in [0.25, 0.3) is 0 Å². The van der Waals surface area contributed by atoms with Crippen LogP contribution in [0.5, 0.6) is 5.75 Å². The number of rotatable bonds is 8. The molecule has 0 spiro atoms. The topological polar surface area (TPSA) is 72.1 Å². The van der Waals surface area contributed by atoms with E-state index in [-0.39, 0.29) is 24.6 Å². The minimum atomic E-state index is -4.69. The summed E-state index contributed by atoms with van der Waals surface area (Å²) >= 11 is 0. The Morgan fingerprint density at radius 2 is 2.11 bits per heavy atom. The van der Waals surface area contributed by atoms with Gasteiger partial charge in [-0.1, -0.05) is 32.1 Å². The molecular weight excluding hydrogens is 361 g/mol. The molecule has 9 heteroatoms. The van der Waals surface area contributed by atoms with Gasteiger partial charge in [-0.05, 0) is 24.1 Å². The van der Waals surface area contributed by atoms with Crippen LogP contribution in [0.15, 0.2) is 42.0 Å². The van der Waals surface area contributed by atoms with Gasteiger partial charge in [-0.25, -0.2) is 4.99 Å². The zero-order chi connectivity index (χ0) is 19.9. The standard InChI is InChI=1S/C18H25F3N4O2/c1-3-5-16-15(11-25(4-2)17(26-16)24-12-22)23-10-13-6-8-14(9-7-13)27-18(19,20)21/h4,6-9,15-16,23H,2-3,5,10-12,22H2,1H3/t15-,16?/m0/s1. The van der Waals surface area contributed by atoms with Gasteiger partial charge in [0, 0.05) is 19.3 Å². The van der Waals surface area contributed by atoms with E-state index in [4.69, 9.17) is 10.5 Å². The van der Waals surface area contributed by atoms with Gasteiger partial charge in [-0.15, -0.1) is 13.2 Å². The van der Waals surface area contributed by atoms with Crippen LogP contribution in [0.2, 0.25) is 0 Å². The molecule has 1 aliphatic heterocycles. The van der Waals surface area contributed by atoms with Crippen molar-refractivity contribution < 1.29 is 22.6 Å². The van der Waals surface area contributed by atoms with Crippen LogP contribution in [-0.2, 0) is 11.3 Å². The number of nitrogens with two attached hydrogens (primary N) is 1. The van der Waals surface area contributed by atoms with Gasteiger partial charge in [0.1, 0.15) is 11.9 Å². The molecule has 150 valence electrons. The molecule has 1 saturated heterocycles. The Kier molecular flexibility index (Phi) is 7.49. The Bertz CT molecular complexity index is 634. The number of hydrogen-bond acceptors (Lipinski definition) is 5. The minimum absolute atomic E-state index is 0.00535. The second kappa shape index (κ2) is 9.61. The van der Waals surface area contributed by atoms with Crippen molar-refractivity contribution in [3.63, 3.8) is 0 Å². The van der Waals surface area contributed by atoms with E-state index in [2.05, 4.69) is 28.5 Å². The first-order valence-electron chi connectivity index (χ1n) is 8.74. The predicted octanol–water partition coefficient (Wildman–Crippen LogP) is 2.96. The molecule has 0 radical (unpaired) electrons. The molecule has 1 fully saturated rings. The molecule has 2 atom stereocenters. The van der Waals surface area contributed by atoms with Crippen LogP contribution < -0.4 is 15.8 Å². The molecule has 0 saturated carbocycles. The molecule has 0 bridgehead atoms. The van der Waals surface area contributed by atoms with Crippen LogP contribution in [-0.4, -0.2) is 42.6 Å². The van der Waals surface area contributed by atoms with E-state index < -0.39 is 6.36 Å². The van der Waals surface area contributed by atoms with Crippen LogP contribution in [0, 0.1) is 0 Å². The van der Waals surface area contributed by atoms with Crippen molar-refractivity contribution in [3.05, 3.63) is 42.6 Å². The number of hydrogen-bond donors (Lipinski definition) is 2. The number of benzene rings is 1. The molecule has 1 unspecified atom stereocenters. The molecule has 0 aliphatic carbocycles. The molecular formula is C18H25F3N4O2. The summed E-state index contributed by atoms with van der Waals surface area (Å²) in [7, 11) is 0. The van der Waals surface area contributed by atoms with E-state index in [1.54, 1.807) is 23.2 Å². The molecule has 27 heavy (non-hydrogen) atoms. The van der Waals surface area contributed by atoms with Crippen LogP contribution >= 0.6 is 0 Å². The molecule has 1 aliphatic rings. The van der Waals surface area contributed by atoms with Gasteiger partial charge in [0.05, 0.1) is 12.7 Å². The highest BCUT2D eigenvalue weighted by Gasteiger charge is 2.33. The molecule has 1 aromatic carbocycles. The van der Waals surface area contributed by atoms with Crippen molar-refractivity contribution in [2.24, 2.45) is 10.7 Å². The summed E-state index contributed by atoms with van der Waals surface area (Å²) in [5, 5.41) is 3.40. The summed E-state index contributed by atoms with van der Waals surface area (Å²) in [4.78, 5) is 5.94. The van der Waals surface area contributed by atoms with Gasteiger partial charge in [-0.3, -0.25) is 0 Å². The third-order valence-electron chi connectivity index (χ3n) is 4.09. The Labute approximate surface area is 156 Å². The smallest absolute Gasteiger partial charge is 0.460 e. The maximum Gasteiger partial charge on any atom is 0.573 e. The molecule has 2 rings (SSSR count). The summed E-state index contributed by atoms with van der Waals surface area (Å²) in [6, 6.07) is 6.25. The van der Waals surface area contributed by atoms with Crippen molar-refractivity contribution in [2.45, 2.75) is 44.8 Å². The van der Waals surface area contributed by atoms with Crippen LogP contribution in [0.4, 0.5) is 13.2 Å². The lowest BCUT2D eigenvalue weighted by Gasteiger charge is -2.39. The summed E-state index contributed by atoms with van der Waals surface area (Å²) < 4.78 is 46.5. The lowest BCUT2D eigenvalue weighted by atomic mass is 10.0. The predicted molar refractivity (Wildman–Crippen MR) is 96.9 cm³/mol. The van der Waals surface area contributed by atoms with Crippen molar-refractivity contribution in [2.75, 3.05) is 13.2 Å². The quantitative estimate of drug-likeness (QED) is 0.719. The molecule has 0 amide bonds. The number of ether oxygens (including phenoxy) is 2. The lowest BCUT2D eigenvalue weighted by molar-refractivity contribution is -0.274. The van der Waals surface area contributed by atoms with Gasteiger partial charge in [-0.2, -0.15) is 0 Å². The zero-order valence-corrected chi connectivity index (χ0v) is 15.2. The Morgan fingerprint density at radius 1 is 1.41 bits per heavy atom. The highest BCUT2D eigenvalue weighted by Crippen LogP contribution is 2.23. The summed E-state index contributed by atoms with van der Waals surface area (Å²) in [6.45, 7) is 7.06. The van der Waals surface area contributed by atoms with E-state index in [9.17, 15) is 13.2 Å². The average Bonchev–Trinajstić information content (AvgIpc) is 2.61. The molecule has 3 N–H and O–H groups in total. The van der Waals surface area contributed by atoms with Crippen LogP contribution in [0.3, 0.4) is 0 Å². The second-order valence-electron chi connectivity index (χ2n) is 6.08. The number of aliphatic imine (C=N–C) groups is 1. The number of amidine groups is 1. The lowest BCUT2D eigenvalue weighted by Crippen LogP contribution is -2.55. The van der Waals surface area contributed by atoms with E-state index in [1.807, 2.05) is 0 Å². The number of nitrogens with zero attached hydrogens (tertiary/aromatic N) is 2. The van der Waals surface area contributed by atoms with Gasteiger partial charge in [0.2, 0.25) is 0 Å². The van der Waals surface area contributed by atoms with Gasteiger partial charge < -0.3 is 25.4 Å². The van der Waals surface area contributed by atoms with Crippen LogP contribution in [0.1, 0.15) is 25.3 Å². The second-order valence-corrected chi connectivity index (χ2v) is 6.08. The zero-order valence-electron chi connectivity index (χ0n) is 15.2. The molecule has 1 aromatic rings. The van der Waals surface area contributed by atoms with Gasteiger partial charge in [0.25, 0.3) is 6.02 Å². The Balaban J connectivity index is 1.99. The number of halogens is 3. The van der Waals surface area contributed by atoms with E-state index in [0.29, 0.717) is 19.1 Å². The first-order chi connectivity index (χ1) is 12.9. The first-order valence-corrected chi connectivity index (χ1v) is 8.74. The Morgan fingerprint density at radius 3 is 2.67 bits per heavy atom. The van der Waals surface area contributed by atoms with E-state index in [0.717, 1.165) is 18.4 Å². The largest absolute Gasteiger partial charge is 0.573 e. The third kappa shape index (κ3) is 6.44. The maximum atomic E-state index is 12.2. The molecule has 1 heterocycles. The van der Waals surface area contributed by atoms with E-state index >= 15 is 0 Å². The fraction of sp³-hybridized carbons (Fsp3) is 0.500. The molecule has 0 aromatic heterocycles. The van der Waals surface area contributed by atoms with E-state index in [1.165, 1.54) is 12.1 Å². The van der Waals surface area contributed by atoms with Crippen molar-refractivity contribution >= 4 is 6.02 Å². The van der Waals surface area contributed by atoms with Crippen molar-refractivity contribution in [1.82, 2.24) is 10.2 Å². The van der Waals surface area contributed by atoms with Gasteiger partial charge >= 0.3 is 6.36 Å². The van der Waals surface area contributed by atoms with Gasteiger partial charge in [0.15, 0.2) is 0 Å². The summed E-state index contributed by atoms with van der Waals surface area (Å²) in [5.41, 5.74) is 6.33. The number of alkyl halides is 3. The summed E-state index contributed by atoms with van der Waals surface area (Å²) in [5.74, 6) is -0.239. The van der Waals surface area contributed by atoms with Crippen molar-refractivity contribution in [3.8, 4) is 5.75 Å². The highest BCUT2D eigenvalue weighted by atomic mass is 19.4. The Hall–Kier alpha value is -2.26. The van der Waals surface area contributed by atoms with Crippen molar-refractivity contribution in [1.29, 1.82) is 0 Å². The normalized spacial score (nSPS) is 21.8. The third-order valence-corrected chi connectivity index (χ3v) is 4.09. The monoisotopic (exact) mass is 386 g/mol. The molecule has 6 nitrogen and oxygen atoms in total. The minimum Gasteiger partial charge on any atom is -0.460 e.